The van der Waals surface area contributed by atoms with Crippen LogP contribution in [0.2, 0.25) is 5.02 Å². The van der Waals surface area contributed by atoms with E-state index in [2.05, 4.69) is 16.7 Å². The number of nitrogens with two attached hydrogens (primary N) is 2. The summed E-state index contributed by atoms with van der Waals surface area (Å²) in [5.74, 6) is 6.93. The van der Waals surface area contributed by atoms with Crippen molar-refractivity contribution >= 4 is 23.0 Å². The van der Waals surface area contributed by atoms with E-state index in [1.165, 1.54) is 9.91 Å². The molecule has 4 N–H and O–H groups in total. The van der Waals surface area contributed by atoms with E-state index < -0.39 is 0 Å². The zero-order chi connectivity index (χ0) is 21.6. The molecule has 29 heavy (non-hydrogen) atoms. The molecule has 0 amide bonds. The fraction of sp³-hybridized carbons (Fsp3) is 0.300. The standard InChI is InChI=1S/C20H29ClN8/c1-6-16-12-24-28(13-16)29(23)20(22)11-17(14-26(3)4)25-15(2)27(5)19-10-8-7-9-18(19)21/h7-13H,2,6,14,22-23H2,1,3-5H3/b20-11+,25-17+. The minimum Gasteiger partial charge on any atom is -0.383 e. The molecule has 0 radical (unpaired) electrons. The average molecular weight is 417 g/mol. The molecule has 0 spiro atoms. The van der Waals surface area contributed by atoms with Crippen LogP contribution in [-0.2, 0) is 6.42 Å². The van der Waals surface area contributed by atoms with Crippen LogP contribution in [0.1, 0.15) is 12.5 Å². The molecule has 0 aliphatic heterocycles. The molecule has 1 heterocycles. The van der Waals surface area contributed by atoms with E-state index in [1.54, 1.807) is 12.3 Å². The van der Waals surface area contributed by atoms with Gasteiger partial charge in [0.1, 0.15) is 11.6 Å². The van der Waals surface area contributed by atoms with Crippen molar-refractivity contribution in [2.24, 2.45) is 16.6 Å². The molecule has 1 aromatic carbocycles. The molecule has 9 heteroatoms. The lowest BCUT2D eigenvalue weighted by Crippen LogP contribution is -2.44. The Morgan fingerprint density at radius 3 is 2.59 bits per heavy atom. The second-order valence-electron chi connectivity index (χ2n) is 6.80. The average Bonchev–Trinajstić information content (AvgIpc) is 3.15. The van der Waals surface area contributed by atoms with Gasteiger partial charge in [-0.3, -0.25) is 0 Å². The van der Waals surface area contributed by atoms with Gasteiger partial charge in [-0.2, -0.15) is 15.0 Å². The maximum Gasteiger partial charge on any atom is 0.139 e. The van der Waals surface area contributed by atoms with Crippen LogP contribution >= 0.6 is 11.6 Å². The van der Waals surface area contributed by atoms with Crippen molar-refractivity contribution in [1.29, 1.82) is 0 Å². The highest BCUT2D eigenvalue weighted by Gasteiger charge is 2.11. The second-order valence-corrected chi connectivity index (χ2v) is 7.21. The fourth-order valence-electron chi connectivity index (χ4n) is 2.54. The number of aromatic nitrogens is 2. The monoisotopic (exact) mass is 416 g/mol. The van der Waals surface area contributed by atoms with Crippen LogP contribution < -0.4 is 21.6 Å². The van der Waals surface area contributed by atoms with Gasteiger partial charge >= 0.3 is 0 Å². The van der Waals surface area contributed by atoms with Crippen molar-refractivity contribution in [3.63, 3.8) is 0 Å². The number of hydrazine groups is 1. The molecule has 0 aliphatic rings. The van der Waals surface area contributed by atoms with Crippen LogP contribution in [0, 0.1) is 0 Å². The highest BCUT2D eigenvalue weighted by Crippen LogP contribution is 2.26. The zero-order valence-corrected chi connectivity index (χ0v) is 18.1. The summed E-state index contributed by atoms with van der Waals surface area (Å²) in [7, 11) is 5.75. The van der Waals surface area contributed by atoms with Crippen LogP contribution in [0.4, 0.5) is 5.69 Å². The lowest BCUT2D eigenvalue weighted by molar-refractivity contribution is 0.470. The number of hydrogen-bond acceptors (Lipinski definition) is 7. The first-order valence-corrected chi connectivity index (χ1v) is 9.56. The molecule has 0 fully saturated rings. The van der Waals surface area contributed by atoms with Crippen LogP contribution in [0.3, 0.4) is 0 Å². The van der Waals surface area contributed by atoms with Crippen molar-refractivity contribution in [3.05, 3.63) is 71.5 Å². The van der Waals surface area contributed by atoms with E-state index in [0.29, 0.717) is 28.9 Å². The number of hydrogen-bond donors (Lipinski definition) is 2. The van der Waals surface area contributed by atoms with Gasteiger partial charge in [0, 0.05) is 19.7 Å². The van der Waals surface area contributed by atoms with E-state index in [-0.39, 0.29) is 0 Å². The van der Waals surface area contributed by atoms with Crippen molar-refractivity contribution < 1.29 is 0 Å². The molecule has 2 aromatic rings. The third kappa shape index (κ3) is 6.08. The molecule has 0 aliphatic carbocycles. The van der Waals surface area contributed by atoms with Crippen LogP contribution in [0.25, 0.3) is 0 Å². The minimum absolute atomic E-state index is 0.296. The van der Waals surface area contributed by atoms with E-state index in [4.69, 9.17) is 23.2 Å². The van der Waals surface area contributed by atoms with Gasteiger partial charge in [0.2, 0.25) is 0 Å². The Kier molecular flexibility index (Phi) is 7.83. The summed E-state index contributed by atoms with van der Waals surface area (Å²) >= 11 is 6.29. The molecule has 1 aromatic heterocycles. The Balaban J connectivity index is 2.28. The molecule has 0 bridgehead atoms. The first-order chi connectivity index (χ1) is 13.7. The lowest BCUT2D eigenvalue weighted by atomic mass is 10.3. The molecular weight excluding hydrogens is 388 g/mol. The molecule has 0 saturated heterocycles. The third-order valence-electron chi connectivity index (χ3n) is 4.18. The summed E-state index contributed by atoms with van der Waals surface area (Å²) in [5, 5.41) is 6.11. The molecule has 0 unspecified atom stereocenters. The van der Waals surface area contributed by atoms with E-state index in [1.807, 2.05) is 68.3 Å². The van der Waals surface area contributed by atoms with Gasteiger partial charge < -0.3 is 15.5 Å². The Labute approximate surface area is 177 Å². The first kappa shape index (κ1) is 22.5. The predicted molar refractivity (Wildman–Crippen MR) is 121 cm³/mol. The number of anilines is 1. The fourth-order valence-corrected chi connectivity index (χ4v) is 2.81. The van der Waals surface area contributed by atoms with Crippen molar-refractivity contribution in [2.45, 2.75) is 13.3 Å². The normalized spacial score (nSPS) is 12.4. The van der Waals surface area contributed by atoms with Crippen LogP contribution in [-0.4, -0.2) is 48.2 Å². The molecule has 8 nitrogen and oxygen atoms in total. The summed E-state index contributed by atoms with van der Waals surface area (Å²) in [6, 6.07) is 7.52. The summed E-state index contributed by atoms with van der Waals surface area (Å²) in [6.07, 6.45) is 6.15. The minimum atomic E-state index is 0.296. The van der Waals surface area contributed by atoms with E-state index in [0.717, 1.165) is 17.7 Å². The third-order valence-corrected chi connectivity index (χ3v) is 4.50. The van der Waals surface area contributed by atoms with Gasteiger partial charge in [-0.05, 0) is 38.2 Å². The number of nitrogens with zero attached hydrogens (tertiary/aromatic N) is 6. The maximum atomic E-state index is 6.29. The summed E-state index contributed by atoms with van der Waals surface area (Å²) < 4.78 is 0. The van der Waals surface area contributed by atoms with Gasteiger partial charge in [-0.15, -0.1) is 0 Å². The smallest absolute Gasteiger partial charge is 0.139 e. The van der Waals surface area contributed by atoms with Crippen LogP contribution in [0.5, 0.6) is 0 Å². The molecule has 2 rings (SSSR count). The summed E-state index contributed by atoms with van der Waals surface area (Å²) in [4.78, 5) is 9.94. The van der Waals surface area contributed by atoms with Crippen molar-refractivity contribution in [2.75, 3.05) is 37.7 Å². The quantitative estimate of drug-likeness (QED) is 0.370. The van der Waals surface area contributed by atoms with Crippen molar-refractivity contribution in [3.8, 4) is 0 Å². The lowest BCUT2D eigenvalue weighted by Gasteiger charge is -2.22. The van der Waals surface area contributed by atoms with E-state index in [9.17, 15) is 0 Å². The topological polar surface area (TPSA) is 91.9 Å². The SMILES string of the molecule is C=C(/N=C(\C=C(/N)N(N)n1cc(CC)cn1)CN(C)C)N(C)c1ccccc1Cl. The highest BCUT2D eigenvalue weighted by atomic mass is 35.5. The predicted octanol–water partition coefficient (Wildman–Crippen LogP) is 2.32. The Morgan fingerprint density at radius 1 is 1.31 bits per heavy atom. The highest BCUT2D eigenvalue weighted by molar-refractivity contribution is 6.33. The largest absolute Gasteiger partial charge is 0.383 e. The number of para-hydroxylation sites is 1. The Bertz CT molecular complexity index is 899. The zero-order valence-electron chi connectivity index (χ0n) is 17.4. The second kappa shape index (κ2) is 10.1. The summed E-state index contributed by atoms with van der Waals surface area (Å²) in [5.41, 5.74) is 8.76. The van der Waals surface area contributed by atoms with E-state index >= 15 is 0 Å². The molecule has 0 atom stereocenters. The van der Waals surface area contributed by atoms with Gasteiger partial charge in [-0.1, -0.05) is 37.2 Å². The van der Waals surface area contributed by atoms with Gasteiger partial charge in [0.25, 0.3) is 0 Å². The Morgan fingerprint density at radius 2 is 2.00 bits per heavy atom. The number of benzene rings is 1. The van der Waals surface area contributed by atoms with Crippen molar-refractivity contribution in [1.82, 2.24) is 14.8 Å². The first-order valence-electron chi connectivity index (χ1n) is 9.18. The van der Waals surface area contributed by atoms with Gasteiger partial charge in [0.15, 0.2) is 0 Å². The van der Waals surface area contributed by atoms with Crippen LogP contribution in [0.15, 0.2) is 65.9 Å². The Hall–Kier alpha value is -2.81. The molecular formula is C20H29ClN8. The number of aryl methyl sites for hydroxylation is 1. The molecule has 156 valence electrons. The van der Waals surface area contributed by atoms with Gasteiger partial charge in [-0.25, -0.2) is 10.8 Å². The number of halogens is 1. The number of aliphatic imine (C=N–C) groups is 1. The number of rotatable bonds is 9. The summed E-state index contributed by atoms with van der Waals surface area (Å²) in [6.45, 7) is 6.66. The maximum absolute atomic E-state index is 6.29. The molecule has 0 saturated carbocycles. The van der Waals surface area contributed by atoms with Gasteiger partial charge in [0.05, 0.1) is 28.8 Å².